The number of nitrogen functional groups attached to an aromatic ring is 1. The van der Waals surface area contributed by atoms with Gasteiger partial charge in [-0.25, -0.2) is 4.79 Å². The molecule has 7 heteroatoms. The number of rotatable bonds is 0. The van der Waals surface area contributed by atoms with Gasteiger partial charge in [-0.2, -0.15) is 0 Å². The van der Waals surface area contributed by atoms with Crippen molar-refractivity contribution in [1.82, 2.24) is 4.90 Å². The van der Waals surface area contributed by atoms with E-state index in [-0.39, 0.29) is 6.04 Å². The first-order valence-corrected chi connectivity index (χ1v) is 7.24. The Labute approximate surface area is 120 Å². The lowest BCUT2D eigenvalue weighted by atomic mass is 10.1. The molecule has 2 heterocycles. The summed E-state index contributed by atoms with van der Waals surface area (Å²) in [6.07, 6.45) is 0. The maximum atomic E-state index is 11.4. The number of benzene rings is 1. The minimum absolute atomic E-state index is 0.152. The number of primary amides is 1. The smallest absolute Gasteiger partial charge is 0.321 e. The molecule has 1 fully saturated rings. The Morgan fingerprint density at radius 1 is 1.53 bits per heavy atom. The zero-order valence-corrected chi connectivity index (χ0v) is 12.0. The van der Waals surface area contributed by atoms with E-state index in [1.807, 2.05) is 23.1 Å². The summed E-state index contributed by atoms with van der Waals surface area (Å²) in [7, 11) is 0. The van der Waals surface area contributed by atoms with Gasteiger partial charge < -0.3 is 16.4 Å². The summed E-state index contributed by atoms with van der Waals surface area (Å²) < 4.78 is 0. The first-order chi connectivity index (χ1) is 8.99. The van der Waals surface area contributed by atoms with Crippen molar-refractivity contribution in [2.75, 3.05) is 17.2 Å². The van der Waals surface area contributed by atoms with E-state index in [9.17, 15) is 4.79 Å². The average Bonchev–Trinajstić information content (AvgIpc) is 2.69. The summed E-state index contributed by atoms with van der Waals surface area (Å²) >= 11 is 7.17. The lowest BCUT2D eigenvalue weighted by Crippen LogP contribution is -2.43. The number of anilines is 2. The van der Waals surface area contributed by atoms with Gasteiger partial charge in [-0.3, -0.25) is 4.90 Å². The monoisotopic (exact) mass is 294 g/mol. The van der Waals surface area contributed by atoms with E-state index in [0.29, 0.717) is 22.6 Å². The Morgan fingerprint density at radius 2 is 2.26 bits per heavy atom. The van der Waals surface area contributed by atoms with Crippen LogP contribution in [0.5, 0.6) is 0 Å². The van der Waals surface area contributed by atoms with Crippen LogP contribution in [-0.2, 0) is 0 Å². The van der Waals surface area contributed by atoms with E-state index in [0.717, 1.165) is 10.6 Å². The largest absolute Gasteiger partial charge is 0.399 e. The zero-order chi connectivity index (χ0) is 13.7. The van der Waals surface area contributed by atoms with E-state index in [1.54, 1.807) is 11.8 Å². The van der Waals surface area contributed by atoms with Crippen molar-refractivity contribution < 1.29 is 4.79 Å². The van der Waals surface area contributed by atoms with E-state index < -0.39 is 6.03 Å². The van der Waals surface area contributed by atoms with Crippen LogP contribution in [0.25, 0.3) is 0 Å². The number of hydrogen-bond acceptors (Lipinski definition) is 4. The maximum absolute atomic E-state index is 11.4. The van der Waals surface area contributed by atoms with Gasteiger partial charge in [0.1, 0.15) is 0 Å². The van der Waals surface area contributed by atoms with Crippen molar-refractivity contribution in [3.05, 3.63) is 18.2 Å². The molecule has 0 aromatic heterocycles. The van der Waals surface area contributed by atoms with Crippen LogP contribution >= 0.6 is 24.0 Å². The highest BCUT2D eigenvalue weighted by atomic mass is 32.2. The molecule has 2 unspecified atom stereocenters. The second-order valence-corrected chi connectivity index (χ2v) is 6.50. The molecule has 1 aromatic carbocycles. The summed E-state index contributed by atoms with van der Waals surface area (Å²) in [4.78, 5) is 16.0. The number of amides is 2. The number of urea groups is 1. The van der Waals surface area contributed by atoms with Crippen molar-refractivity contribution in [2.45, 2.75) is 23.1 Å². The predicted molar refractivity (Wildman–Crippen MR) is 81.3 cm³/mol. The molecule has 0 radical (unpaired) electrons. The summed E-state index contributed by atoms with van der Waals surface area (Å²) in [6, 6.07) is 5.43. The van der Waals surface area contributed by atoms with Gasteiger partial charge in [0.05, 0.1) is 18.3 Å². The lowest BCUT2D eigenvalue weighted by Gasteiger charge is -2.35. The Hall–Kier alpha value is -1.47. The topological polar surface area (TPSA) is 75.6 Å². The van der Waals surface area contributed by atoms with Crippen LogP contribution in [0.3, 0.4) is 0 Å². The van der Waals surface area contributed by atoms with Gasteiger partial charge in [-0.1, -0.05) is 6.92 Å². The Bertz CT molecular complexity index is 577. The van der Waals surface area contributed by atoms with E-state index in [1.165, 1.54) is 4.90 Å². The van der Waals surface area contributed by atoms with Crippen molar-refractivity contribution in [3.63, 3.8) is 0 Å². The average molecular weight is 294 g/mol. The van der Waals surface area contributed by atoms with Crippen molar-refractivity contribution in [2.24, 2.45) is 5.73 Å². The van der Waals surface area contributed by atoms with Gasteiger partial charge in [0.15, 0.2) is 5.11 Å². The molecule has 100 valence electrons. The normalized spacial score (nSPS) is 25.2. The van der Waals surface area contributed by atoms with Gasteiger partial charge in [-0.05, 0) is 30.4 Å². The number of fused-ring (bicyclic) bond motifs is 3. The lowest BCUT2D eigenvalue weighted by molar-refractivity contribution is 0.232. The molecular formula is C12H14N4OS2. The second kappa shape index (κ2) is 4.28. The zero-order valence-electron chi connectivity index (χ0n) is 10.4. The number of thiocarbonyl (C=S) groups is 1. The molecule has 5 nitrogen and oxygen atoms in total. The molecule has 3 rings (SSSR count). The highest BCUT2D eigenvalue weighted by molar-refractivity contribution is 8.00. The van der Waals surface area contributed by atoms with E-state index in [2.05, 4.69) is 6.92 Å². The molecule has 4 N–H and O–H groups in total. The van der Waals surface area contributed by atoms with Crippen LogP contribution in [0.2, 0.25) is 0 Å². The van der Waals surface area contributed by atoms with Gasteiger partial charge in [0.2, 0.25) is 0 Å². The minimum Gasteiger partial charge on any atom is -0.399 e. The highest BCUT2D eigenvalue weighted by Gasteiger charge is 2.44. The molecule has 2 aliphatic heterocycles. The van der Waals surface area contributed by atoms with E-state index >= 15 is 0 Å². The molecule has 2 amide bonds. The molecule has 0 spiro atoms. The van der Waals surface area contributed by atoms with Crippen LogP contribution in [0.15, 0.2) is 23.1 Å². The van der Waals surface area contributed by atoms with Crippen molar-refractivity contribution >= 4 is 46.5 Å². The first-order valence-electron chi connectivity index (χ1n) is 5.95. The van der Waals surface area contributed by atoms with Crippen molar-refractivity contribution in [3.8, 4) is 0 Å². The third kappa shape index (κ3) is 1.84. The molecule has 2 atom stereocenters. The number of carbonyl (C=O) groups is 1. The SMILES string of the molecule is CC1Sc2ccc(N)cc2N2C(=S)N(C(N)=O)CC12. The molecule has 1 saturated heterocycles. The Balaban J connectivity index is 2.09. The van der Waals surface area contributed by atoms with Crippen LogP contribution < -0.4 is 16.4 Å². The minimum atomic E-state index is -0.498. The van der Waals surface area contributed by atoms with Crippen LogP contribution in [0.1, 0.15) is 6.92 Å². The molecule has 0 aliphatic carbocycles. The number of hydrogen-bond donors (Lipinski definition) is 2. The standard InChI is InChI=1S/C12H14N4OS2/c1-6-9-5-15(11(14)17)12(18)16(9)8-4-7(13)2-3-10(8)19-6/h2-4,6,9H,5,13H2,1H3,(H2,14,17). The molecular weight excluding hydrogens is 280 g/mol. The fourth-order valence-corrected chi connectivity index (χ4v) is 4.13. The summed E-state index contributed by atoms with van der Waals surface area (Å²) in [6.45, 7) is 2.67. The van der Waals surface area contributed by atoms with E-state index in [4.69, 9.17) is 23.7 Å². The van der Waals surface area contributed by atoms with Gasteiger partial charge in [0.25, 0.3) is 0 Å². The van der Waals surface area contributed by atoms with Gasteiger partial charge in [0, 0.05) is 15.8 Å². The predicted octanol–water partition coefficient (Wildman–Crippen LogP) is 1.62. The van der Waals surface area contributed by atoms with Gasteiger partial charge >= 0.3 is 6.03 Å². The van der Waals surface area contributed by atoms with Crippen LogP contribution in [-0.4, -0.2) is 33.9 Å². The number of nitrogens with two attached hydrogens (primary N) is 2. The summed E-state index contributed by atoms with van der Waals surface area (Å²) in [5.74, 6) is 0. The highest BCUT2D eigenvalue weighted by Crippen LogP contribution is 2.45. The number of thioether (sulfide) groups is 1. The molecule has 19 heavy (non-hydrogen) atoms. The van der Waals surface area contributed by atoms with Crippen LogP contribution in [0.4, 0.5) is 16.2 Å². The summed E-state index contributed by atoms with van der Waals surface area (Å²) in [5, 5.41) is 0.801. The van der Waals surface area contributed by atoms with Crippen molar-refractivity contribution in [1.29, 1.82) is 0 Å². The summed E-state index contributed by atoms with van der Waals surface area (Å²) in [5.41, 5.74) is 12.9. The van der Waals surface area contributed by atoms with Crippen LogP contribution in [0, 0.1) is 0 Å². The number of nitrogens with zero attached hydrogens (tertiary/aromatic N) is 2. The number of carbonyl (C=O) groups excluding carboxylic acids is 1. The Kier molecular flexibility index (Phi) is 2.83. The third-order valence-electron chi connectivity index (χ3n) is 3.50. The molecule has 0 bridgehead atoms. The third-order valence-corrected chi connectivity index (χ3v) is 5.20. The Morgan fingerprint density at radius 3 is 2.95 bits per heavy atom. The molecule has 1 aromatic rings. The fraction of sp³-hybridized carbons (Fsp3) is 0.333. The fourth-order valence-electron chi connectivity index (χ4n) is 2.54. The first kappa shape index (κ1) is 12.6. The van der Waals surface area contributed by atoms with Gasteiger partial charge in [-0.15, -0.1) is 11.8 Å². The maximum Gasteiger partial charge on any atom is 0.321 e. The second-order valence-electron chi connectivity index (χ2n) is 4.72. The quantitative estimate of drug-likeness (QED) is 0.562. The molecule has 0 saturated carbocycles. The molecule has 2 aliphatic rings.